The Morgan fingerprint density at radius 2 is 2.11 bits per heavy atom. The fraction of sp³-hybridized carbons (Fsp3) is 0.600. The first-order chi connectivity index (χ1) is 8.54. The summed E-state index contributed by atoms with van der Waals surface area (Å²) in [6.45, 7) is -0.184. The average molecular weight is 275 g/mol. The fourth-order valence-electron chi connectivity index (χ4n) is 2.11. The summed E-state index contributed by atoms with van der Waals surface area (Å²) in [4.78, 5) is 7.64. The maximum atomic E-state index is 9.84. The van der Waals surface area contributed by atoms with E-state index in [4.69, 9.17) is 22.4 Å². The highest BCUT2D eigenvalue weighted by Crippen LogP contribution is 2.30. The Morgan fingerprint density at radius 1 is 1.39 bits per heavy atom. The summed E-state index contributed by atoms with van der Waals surface area (Å²) in [5.41, 5.74) is 5.88. The number of nitrogens with one attached hydrogen (secondary N) is 1. The van der Waals surface area contributed by atoms with Crippen molar-refractivity contribution in [1.29, 1.82) is 0 Å². The smallest absolute Gasteiger partial charge is 0.157 e. The molecule has 0 spiro atoms. The van der Waals surface area contributed by atoms with Crippen LogP contribution in [0.5, 0.6) is 0 Å². The van der Waals surface area contributed by atoms with Gasteiger partial charge in [-0.15, -0.1) is 0 Å². The Bertz CT molecular complexity index is 434. The lowest BCUT2D eigenvalue weighted by Gasteiger charge is -2.19. The van der Waals surface area contributed by atoms with Crippen LogP contribution in [0.2, 0.25) is 5.15 Å². The van der Waals surface area contributed by atoms with Crippen molar-refractivity contribution in [3.8, 4) is 0 Å². The van der Waals surface area contributed by atoms with Crippen LogP contribution >= 0.6 is 11.6 Å². The SMILES string of the molecule is Nc1c(Cl)ncnc1N[C@H]1C[C@@H](CO)[C@H](O)[C@H]1O. The molecule has 0 amide bonds. The van der Waals surface area contributed by atoms with Crippen LogP contribution in [-0.4, -0.2) is 50.1 Å². The van der Waals surface area contributed by atoms with Crippen LogP contribution in [0.25, 0.3) is 0 Å². The highest BCUT2D eigenvalue weighted by atomic mass is 35.5. The van der Waals surface area contributed by atoms with Gasteiger partial charge in [0, 0.05) is 12.5 Å². The molecule has 1 aliphatic carbocycles. The zero-order valence-corrected chi connectivity index (χ0v) is 10.2. The molecule has 0 aliphatic heterocycles. The summed E-state index contributed by atoms with van der Waals surface area (Å²) in [7, 11) is 0. The Morgan fingerprint density at radius 3 is 2.72 bits per heavy atom. The highest BCUT2D eigenvalue weighted by Gasteiger charge is 2.41. The molecule has 0 aromatic carbocycles. The zero-order valence-electron chi connectivity index (χ0n) is 9.49. The molecule has 0 radical (unpaired) electrons. The summed E-state index contributed by atoms with van der Waals surface area (Å²) < 4.78 is 0. The van der Waals surface area contributed by atoms with Crippen LogP contribution < -0.4 is 11.1 Å². The number of nitrogen functional groups attached to an aromatic ring is 1. The first kappa shape index (κ1) is 13.3. The van der Waals surface area contributed by atoms with E-state index in [0.717, 1.165) is 0 Å². The van der Waals surface area contributed by atoms with Crippen LogP contribution in [-0.2, 0) is 0 Å². The van der Waals surface area contributed by atoms with Gasteiger partial charge in [-0.05, 0) is 6.42 Å². The maximum absolute atomic E-state index is 9.84. The minimum atomic E-state index is -0.990. The normalized spacial score (nSPS) is 31.6. The first-order valence-electron chi connectivity index (χ1n) is 5.54. The van der Waals surface area contributed by atoms with E-state index in [1.807, 2.05) is 0 Å². The van der Waals surface area contributed by atoms with E-state index in [9.17, 15) is 10.2 Å². The molecular formula is C10H15ClN4O3. The van der Waals surface area contributed by atoms with Gasteiger partial charge in [0.1, 0.15) is 18.1 Å². The number of aliphatic hydroxyl groups excluding tert-OH is 3. The number of aliphatic hydroxyl groups is 3. The average Bonchev–Trinajstić information content (AvgIpc) is 2.63. The third-order valence-electron chi connectivity index (χ3n) is 3.19. The molecule has 2 rings (SSSR count). The molecule has 1 aromatic heterocycles. The van der Waals surface area contributed by atoms with Crippen molar-refractivity contribution in [2.75, 3.05) is 17.7 Å². The second-order valence-electron chi connectivity index (χ2n) is 4.34. The molecule has 1 aromatic rings. The van der Waals surface area contributed by atoms with Gasteiger partial charge in [0.25, 0.3) is 0 Å². The van der Waals surface area contributed by atoms with Gasteiger partial charge in [0.2, 0.25) is 0 Å². The molecule has 0 unspecified atom stereocenters. The second kappa shape index (κ2) is 5.23. The van der Waals surface area contributed by atoms with Gasteiger partial charge in [-0.2, -0.15) is 0 Å². The molecule has 6 N–H and O–H groups in total. The van der Waals surface area contributed by atoms with E-state index in [1.165, 1.54) is 6.33 Å². The molecule has 1 saturated carbocycles. The number of halogens is 1. The second-order valence-corrected chi connectivity index (χ2v) is 4.70. The minimum absolute atomic E-state index is 0.124. The monoisotopic (exact) mass is 274 g/mol. The van der Waals surface area contributed by atoms with E-state index in [0.29, 0.717) is 12.2 Å². The molecule has 8 heteroatoms. The summed E-state index contributed by atoms with van der Waals surface area (Å²) in [6, 6.07) is -0.439. The number of anilines is 2. The standard InChI is InChI=1S/C10H15ClN4O3/c11-9-6(12)10(14-3-13-9)15-5-1-4(2-16)7(17)8(5)18/h3-5,7-8,16-18H,1-2,12H2,(H,13,14,15)/t4-,5-,7-,8-/m0/s1. The maximum Gasteiger partial charge on any atom is 0.157 e. The Balaban J connectivity index is 2.13. The molecule has 100 valence electrons. The molecule has 4 atom stereocenters. The van der Waals surface area contributed by atoms with Crippen LogP contribution in [0.4, 0.5) is 11.5 Å². The van der Waals surface area contributed by atoms with Crippen molar-refractivity contribution in [3.05, 3.63) is 11.5 Å². The molecule has 0 bridgehead atoms. The molecule has 1 heterocycles. The molecule has 1 aliphatic rings. The first-order valence-corrected chi connectivity index (χ1v) is 5.92. The summed E-state index contributed by atoms with van der Waals surface area (Å²) in [5.74, 6) is -0.0547. The fourth-order valence-corrected chi connectivity index (χ4v) is 2.25. The molecule has 0 saturated heterocycles. The topological polar surface area (TPSA) is 125 Å². The van der Waals surface area contributed by atoms with E-state index in [2.05, 4.69) is 15.3 Å². The summed E-state index contributed by atoms with van der Waals surface area (Å²) >= 11 is 5.75. The number of rotatable bonds is 3. The minimum Gasteiger partial charge on any atom is -0.396 e. The van der Waals surface area contributed by atoms with E-state index >= 15 is 0 Å². The van der Waals surface area contributed by atoms with Crippen LogP contribution in [0.1, 0.15) is 6.42 Å². The van der Waals surface area contributed by atoms with Crippen molar-refractivity contribution >= 4 is 23.1 Å². The lowest BCUT2D eigenvalue weighted by Crippen LogP contribution is -2.35. The van der Waals surface area contributed by atoms with Gasteiger partial charge >= 0.3 is 0 Å². The van der Waals surface area contributed by atoms with Gasteiger partial charge in [-0.25, -0.2) is 9.97 Å². The zero-order chi connectivity index (χ0) is 13.3. The summed E-state index contributed by atoms with van der Waals surface area (Å²) in [5, 5.41) is 31.6. The van der Waals surface area contributed by atoms with Gasteiger partial charge in [0.15, 0.2) is 11.0 Å². The van der Waals surface area contributed by atoms with E-state index < -0.39 is 18.2 Å². The third-order valence-corrected chi connectivity index (χ3v) is 3.49. The molecule has 1 fully saturated rings. The van der Waals surface area contributed by atoms with Crippen molar-refractivity contribution < 1.29 is 15.3 Å². The Hall–Kier alpha value is -1.15. The lowest BCUT2D eigenvalue weighted by atomic mass is 10.1. The number of nitrogens with two attached hydrogens (primary N) is 1. The van der Waals surface area contributed by atoms with E-state index in [-0.39, 0.29) is 23.4 Å². The Kier molecular flexibility index (Phi) is 3.86. The number of hydrogen-bond donors (Lipinski definition) is 5. The predicted molar refractivity (Wildman–Crippen MR) is 66.1 cm³/mol. The van der Waals surface area contributed by atoms with Gasteiger partial charge in [0.05, 0.1) is 12.1 Å². The van der Waals surface area contributed by atoms with Gasteiger partial charge in [-0.3, -0.25) is 0 Å². The van der Waals surface area contributed by atoms with Gasteiger partial charge in [-0.1, -0.05) is 11.6 Å². The van der Waals surface area contributed by atoms with Crippen LogP contribution in [0.3, 0.4) is 0 Å². The predicted octanol–water partition coefficient (Wildman–Crippen LogP) is -0.773. The summed E-state index contributed by atoms with van der Waals surface area (Å²) in [6.07, 6.45) is -0.288. The van der Waals surface area contributed by atoms with E-state index in [1.54, 1.807) is 0 Å². The van der Waals surface area contributed by atoms with Crippen molar-refractivity contribution in [2.45, 2.75) is 24.7 Å². The van der Waals surface area contributed by atoms with Gasteiger partial charge < -0.3 is 26.4 Å². The van der Waals surface area contributed by atoms with Crippen LogP contribution in [0.15, 0.2) is 6.33 Å². The Labute approximate surface area is 109 Å². The lowest BCUT2D eigenvalue weighted by molar-refractivity contribution is 0.00446. The molecule has 7 nitrogen and oxygen atoms in total. The van der Waals surface area contributed by atoms with Crippen molar-refractivity contribution in [2.24, 2.45) is 5.92 Å². The molecular weight excluding hydrogens is 260 g/mol. The number of aromatic nitrogens is 2. The molecule has 18 heavy (non-hydrogen) atoms. The number of nitrogens with zero attached hydrogens (tertiary/aromatic N) is 2. The highest BCUT2D eigenvalue weighted by molar-refractivity contribution is 6.32. The third kappa shape index (κ3) is 2.35. The number of hydrogen-bond acceptors (Lipinski definition) is 7. The van der Waals surface area contributed by atoms with Crippen molar-refractivity contribution in [1.82, 2.24) is 9.97 Å². The largest absolute Gasteiger partial charge is 0.396 e. The van der Waals surface area contributed by atoms with Crippen molar-refractivity contribution in [3.63, 3.8) is 0 Å². The quantitative estimate of drug-likeness (QED) is 0.458. The van der Waals surface area contributed by atoms with Crippen LogP contribution in [0, 0.1) is 5.92 Å².